The van der Waals surface area contributed by atoms with Gasteiger partial charge in [0.05, 0.1) is 12.7 Å². The predicted molar refractivity (Wildman–Crippen MR) is 86.3 cm³/mol. The topological polar surface area (TPSA) is 50.1 Å². The third kappa shape index (κ3) is 3.32. The summed E-state index contributed by atoms with van der Waals surface area (Å²) in [4.78, 5) is 12.3. The molecule has 3 nitrogen and oxygen atoms in total. The number of nitrogens with zero attached hydrogens (tertiary/aromatic N) is 1. The van der Waals surface area contributed by atoms with Crippen molar-refractivity contribution in [2.75, 3.05) is 6.61 Å². The number of nitriles is 1. The van der Waals surface area contributed by atoms with Crippen molar-refractivity contribution in [2.45, 2.75) is 52.9 Å². The third-order valence-corrected chi connectivity index (χ3v) is 4.91. The van der Waals surface area contributed by atoms with Crippen molar-refractivity contribution in [3.63, 3.8) is 0 Å². The Hall–Kier alpha value is -1.82. The molecule has 0 aromatic heterocycles. The first-order valence-corrected chi connectivity index (χ1v) is 8.15. The lowest BCUT2D eigenvalue weighted by atomic mass is 9.69. The van der Waals surface area contributed by atoms with E-state index in [-0.39, 0.29) is 11.4 Å². The van der Waals surface area contributed by atoms with Gasteiger partial charge in [-0.25, -0.2) is 0 Å². The van der Waals surface area contributed by atoms with E-state index < -0.39 is 5.92 Å². The first-order valence-electron chi connectivity index (χ1n) is 8.15. The first-order chi connectivity index (χ1) is 10.5. The zero-order valence-corrected chi connectivity index (χ0v) is 13.8. The van der Waals surface area contributed by atoms with Crippen LogP contribution in [0, 0.1) is 36.5 Å². The van der Waals surface area contributed by atoms with Crippen LogP contribution in [0.2, 0.25) is 0 Å². The SMILES string of the molecule is CCOC(=O)C(C#N)C1(Cc2cc(C)ccc2C)CCCC1. The van der Waals surface area contributed by atoms with Crippen LogP contribution in [0.4, 0.5) is 0 Å². The maximum atomic E-state index is 12.3. The molecule has 1 atom stereocenters. The van der Waals surface area contributed by atoms with Crippen LogP contribution in [0.5, 0.6) is 0 Å². The standard InChI is InChI=1S/C19H25NO2/c1-4-22-18(21)17(13-20)19(9-5-6-10-19)12-16-11-14(2)7-8-15(16)3/h7-8,11,17H,4-6,9-10,12H2,1-3H3. The Bertz CT molecular complexity index is 580. The molecule has 118 valence electrons. The second-order valence-electron chi connectivity index (χ2n) is 6.49. The van der Waals surface area contributed by atoms with E-state index in [1.165, 1.54) is 16.7 Å². The summed E-state index contributed by atoms with van der Waals surface area (Å²) in [5.74, 6) is -1.01. The zero-order valence-electron chi connectivity index (χ0n) is 13.8. The lowest BCUT2D eigenvalue weighted by Gasteiger charge is -2.33. The van der Waals surface area contributed by atoms with Crippen LogP contribution < -0.4 is 0 Å². The van der Waals surface area contributed by atoms with Gasteiger partial charge in [0.1, 0.15) is 5.92 Å². The van der Waals surface area contributed by atoms with Gasteiger partial charge in [0.25, 0.3) is 0 Å². The Labute approximate surface area is 133 Å². The molecule has 1 aliphatic carbocycles. The molecule has 0 N–H and O–H groups in total. The predicted octanol–water partition coefficient (Wildman–Crippen LogP) is 4.11. The summed E-state index contributed by atoms with van der Waals surface area (Å²) in [7, 11) is 0. The molecule has 2 rings (SSSR count). The zero-order chi connectivity index (χ0) is 16.2. The second kappa shape index (κ2) is 6.96. The van der Waals surface area contributed by atoms with E-state index >= 15 is 0 Å². The van der Waals surface area contributed by atoms with Crippen molar-refractivity contribution in [1.29, 1.82) is 5.26 Å². The highest BCUT2D eigenvalue weighted by molar-refractivity contribution is 5.76. The molecule has 1 fully saturated rings. The second-order valence-corrected chi connectivity index (χ2v) is 6.49. The van der Waals surface area contributed by atoms with Crippen LogP contribution in [0.25, 0.3) is 0 Å². The van der Waals surface area contributed by atoms with Crippen molar-refractivity contribution in [3.8, 4) is 6.07 Å². The molecular formula is C19H25NO2. The number of ether oxygens (including phenoxy) is 1. The Morgan fingerprint density at radius 1 is 1.36 bits per heavy atom. The van der Waals surface area contributed by atoms with Crippen LogP contribution >= 0.6 is 0 Å². The Balaban J connectivity index is 2.34. The molecule has 1 aromatic carbocycles. The van der Waals surface area contributed by atoms with Crippen LogP contribution in [-0.4, -0.2) is 12.6 Å². The summed E-state index contributed by atoms with van der Waals surface area (Å²) in [5, 5.41) is 9.60. The molecule has 0 spiro atoms. The van der Waals surface area contributed by atoms with Crippen LogP contribution in [0.15, 0.2) is 18.2 Å². The smallest absolute Gasteiger partial charge is 0.323 e. The fourth-order valence-electron chi connectivity index (χ4n) is 3.68. The van der Waals surface area contributed by atoms with Crippen LogP contribution in [0.1, 0.15) is 49.3 Å². The molecule has 0 saturated heterocycles. The highest BCUT2D eigenvalue weighted by atomic mass is 16.5. The Kier molecular flexibility index (Phi) is 5.24. The summed E-state index contributed by atoms with van der Waals surface area (Å²) < 4.78 is 5.16. The largest absolute Gasteiger partial charge is 0.465 e. The molecule has 0 amide bonds. The Morgan fingerprint density at radius 3 is 2.64 bits per heavy atom. The van der Waals surface area contributed by atoms with Gasteiger partial charge in [-0.1, -0.05) is 36.6 Å². The Morgan fingerprint density at radius 2 is 2.05 bits per heavy atom. The average molecular weight is 299 g/mol. The van der Waals surface area contributed by atoms with Gasteiger partial charge in [0, 0.05) is 5.41 Å². The minimum Gasteiger partial charge on any atom is -0.465 e. The van der Waals surface area contributed by atoms with E-state index in [0.29, 0.717) is 6.61 Å². The molecule has 22 heavy (non-hydrogen) atoms. The van der Waals surface area contributed by atoms with Gasteiger partial charge >= 0.3 is 5.97 Å². The summed E-state index contributed by atoms with van der Waals surface area (Å²) in [6, 6.07) is 8.67. The first kappa shape index (κ1) is 16.5. The average Bonchev–Trinajstić information content (AvgIpc) is 2.93. The summed E-state index contributed by atoms with van der Waals surface area (Å²) in [5.41, 5.74) is 3.45. The molecule has 0 aliphatic heterocycles. The van der Waals surface area contributed by atoms with Gasteiger partial charge in [0.2, 0.25) is 0 Å². The molecule has 0 bridgehead atoms. The van der Waals surface area contributed by atoms with E-state index in [4.69, 9.17) is 4.74 Å². The maximum absolute atomic E-state index is 12.3. The highest BCUT2D eigenvalue weighted by Crippen LogP contribution is 2.47. The van der Waals surface area contributed by atoms with E-state index in [9.17, 15) is 10.1 Å². The third-order valence-electron chi connectivity index (χ3n) is 4.91. The fraction of sp³-hybridized carbons (Fsp3) is 0.579. The molecule has 0 radical (unpaired) electrons. The lowest BCUT2D eigenvalue weighted by molar-refractivity contribution is -0.150. The minimum atomic E-state index is -0.658. The van der Waals surface area contributed by atoms with Gasteiger partial charge in [-0.15, -0.1) is 0 Å². The van der Waals surface area contributed by atoms with E-state index in [1.54, 1.807) is 6.92 Å². The van der Waals surface area contributed by atoms with E-state index in [2.05, 4.69) is 38.1 Å². The number of hydrogen-bond acceptors (Lipinski definition) is 3. The number of carbonyl (C=O) groups excluding carboxylic acids is 1. The molecule has 0 heterocycles. The van der Waals surface area contributed by atoms with Gasteiger partial charge in [-0.05, 0) is 51.2 Å². The van der Waals surface area contributed by atoms with Gasteiger partial charge in [0.15, 0.2) is 0 Å². The maximum Gasteiger partial charge on any atom is 0.323 e. The number of esters is 1. The molecule has 1 saturated carbocycles. The van der Waals surface area contributed by atoms with E-state index in [1.807, 2.05) is 0 Å². The lowest BCUT2D eigenvalue weighted by Crippen LogP contribution is -2.36. The number of hydrogen-bond donors (Lipinski definition) is 0. The van der Waals surface area contributed by atoms with Gasteiger partial charge < -0.3 is 4.74 Å². The monoisotopic (exact) mass is 299 g/mol. The molecule has 1 unspecified atom stereocenters. The summed E-state index contributed by atoms with van der Waals surface area (Å²) in [6.07, 6.45) is 4.82. The van der Waals surface area contributed by atoms with E-state index in [0.717, 1.165) is 32.1 Å². The molecule has 1 aliphatic rings. The number of rotatable bonds is 5. The van der Waals surface area contributed by atoms with Crippen molar-refractivity contribution in [3.05, 3.63) is 34.9 Å². The molecule has 3 heteroatoms. The number of aryl methyl sites for hydroxylation is 2. The van der Waals surface area contributed by atoms with Crippen LogP contribution in [-0.2, 0) is 16.0 Å². The quantitative estimate of drug-likeness (QED) is 0.769. The molecular weight excluding hydrogens is 274 g/mol. The molecule has 1 aromatic rings. The van der Waals surface area contributed by atoms with Crippen LogP contribution in [0.3, 0.4) is 0 Å². The summed E-state index contributed by atoms with van der Waals surface area (Å²) in [6.45, 7) is 6.30. The van der Waals surface area contributed by atoms with Crippen molar-refractivity contribution >= 4 is 5.97 Å². The number of carbonyl (C=O) groups is 1. The minimum absolute atomic E-state index is 0.264. The fourth-order valence-corrected chi connectivity index (χ4v) is 3.68. The van der Waals surface area contributed by atoms with Crippen molar-refractivity contribution in [2.24, 2.45) is 11.3 Å². The number of benzene rings is 1. The highest BCUT2D eigenvalue weighted by Gasteiger charge is 2.46. The normalized spacial score (nSPS) is 17.7. The van der Waals surface area contributed by atoms with Crippen molar-refractivity contribution < 1.29 is 9.53 Å². The van der Waals surface area contributed by atoms with Gasteiger partial charge in [-0.2, -0.15) is 5.26 Å². The summed E-state index contributed by atoms with van der Waals surface area (Å²) >= 11 is 0. The van der Waals surface area contributed by atoms with Gasteiger partial charge in [-0.3, -0.25) is 4.79 Å². The van der Waals surface area contributed by atoms with Crippen molar-refractivity contribution in [1.82, 2.24) is 0 Å².